The maximum Gasteiger partial charge on any atom is 0.193 e. The zero-order valence-electron chi connectivity index (χ0n) is 14.8. The van der Waals surface area contributed by atoms with Gasteiger partial charge < -0.3 is 24.6 Å². The highest BCUT2D eigenvalue weighted by atomic mass is 16.5. The molecule has 0 spiro atoms. The largest absolute Gasteiger partial charge is 0.374 e. The van der Waals surface area contributed by atoms with Crippen LogP contribution in [0.1, 0.15) is 11.7 Å². The molecule has 0 amide bonds. The molecule has 0 bridgehead atoms. The van der Waals surface area contributed by atoms with Crippen LogP contribution in [0.15, 0.2) is 17.4 Å². The fourth-order valence-corrected chi connectivity index (χ4v) is 3.18. The molecular weight excluding hydrogens is 308 g/mol. The van der Waals surface area contributed by atoms with Crippen molar-refractivity contribution in [2.24, 2.45) is 12.0 Å². The molecule has 24 heavy (non-hydrogen) atoms. The Kier molecular flexibility index (Phi) is 5.70. The van der Waals surface area contributed by atoms with Gasteiger partial charge in [0, 0.05) is 52.0 Å². The first-order valence-corrected chi connectivity index (χ1v) is 8.51. The van der Waals surface area contributed by atoms with Crippen LogP contribution < -0.4 is 5.32 Å². The highest BCUT2D eigenvalue weighted by molar-refractivity contribution is 5.80. The van der Waals surface area contributed by atoms with Crippen molar-refractivity contribution in [2.75, 3.05) is 60.0 Å². The van der Waals surface area contributed by atoms with Crippen LogP contribution in [-0.4, -0.2) is 91.7 Å². The van der Waals surface area contributed by atoms with E-state index in [1.807, 2.05) is 31.2 Å². The summed E-state index contributed by atoms with van der Waals surface area (Å²) in [7, 11) is 5.88. The molecule has 2 unspecified atom stereocenters. The summed E-state index contributed by atoms with van der Waals surface area (Å²) in [6.45, 7) is 5.81. The van der Waals surface area contributed by atoms with Gasteiger partial charge in [0.05, 0.1) is 32.1 Å². The van der Waals surface area contributed by atoms with E-state index in [4.69, 9.17) is 9.47 Å². The zero-order chi connectivity index (χ0) is 16.9. The quantitative estimate of drug-likeness (QED) is 0.604. The summed E-state index contributed by atoms with van der Waals surface area (Å²) >= 11 is 0. The second-order valence-corrected chi connectivity index (χ2v) is 6.44. The molecule has 0 saturated carbocycles. The lowest BCUT2D eigenvalue weighted by Gasteiger charge is -2.36. The third-order valence-corrected chi connectivity index (χ3v) is 4.50. The van der Waals surface area contributed by atoms with E-state index in [-0.39, 0.29) is 12.2 Å². The molecule has 8 heteroatoms. The Labute approximate surface area is 143 Å². The number of likely N-dealkylation sites (N-methyl/N-ethyl adjacent to an activating group) is 1. The van der Waals surface area contributed by atoms with Gasteiger partial charge >= 0.3 is 0 Å². The molecule has 1 N–H and O–H groups in total. The van der Waals surface area contributed by atoms with Crippen molar-refractivity contribution in [3.63, 3.8) is 0 Å². The number of aliphatic imine (C=N–C) groups is 1. The van der Waals surface area contributed by atoms with Crippen LogP contribution in [0.5, 0.6) is 0 Å². The van der Waals surface area contributed by atoms with Crippen molar-refractivity contribution in [1.82, 2.24) is 24.9 Å². The maximum absolute atomic E-state index is 5.90. The number of hydrogen-bond donors (Lipinski definition) is 1. The molecule has 2 atom stereocenters. The molecule has 1 aromatic rings. The van der Waals surface area contributed by atoms with Gasteiger partial charge in [-0.3, -0.25) is 9.67 Å². The summed E-state index contributed by atoms with van der Waals surface area (Å²) in [6, 6.07) is 0. The third kappa shape index (κ3) is 4.25. The van der Waals surface area contributed by atoms with E-state index in [9.17, 15) is 0 Å². The van der Waals surface area contributed by atoms with E-state index in [0.29, 0.717) is 6.61 Å². The SMILES string of the molecule is CN=C(NCC1CN(C)CCO1)N1CCOC(c2cnn(C)c2)C1. The van der Waals surface area contributed by atoms with Crippen LogP contribution >= 0.6 is 0 Å². The number of rotatable bonds is 3. The topological polar surface area (TPSA) is 67.2 Å². The summed E-state index contributed by atoms with van der Waals surface area (Å²) in [4.78, 5) is 8.98. The summed E-state index contributed by atoms with van der Waals surface area (Å²) < 4.78 is 13.5. The second kappa shape index (κ2) is 7.96. The van der Waals surface area contributed by atoms with Crippen molar-refractivity contribution < 1.29 is 9.47 Å². The number of nitrogens with one attached hydrogen (secondary N) is 1. The van der Waals surface area contributed by atoms with Gasteiger partial charge in [0.1, 0.15) is 6.10 Å². The van der Waals surface area contributed by atoms with Gasteiger partial charge in [-0.1, -0.05) is 0 Å². The highest BCUT2D eigenvalue weighted by Crippen LogP contribution is 2.21. The number of nitrogens with zero attached hydrogens (tertiary/aromatic N) is 5. The van der Waals surface area contributed by atoms with Crippen molar-refractivity contribution in [3.8, 4) is 0 Å². The first-order valence-electron chi connectivity index (χ1n) is 8.51. The number of hydrogen-bond acceptors (Lipinski definition) is 5. The number of morpholine rings is 2. The maximum atomic E-state index is 5.90. The number of ether oxygens (including phenoxy) is 2. The van der Waals surface area contributed by atoms with E-state index in [2.05, 4.69) is 32.3 Å². The molecule has 3 heterocycles. The van der Waals surface area contributed by atoms with Crippen molar-refractivity contribution >= 4 is 5.96 Å². The Morgan fingerprint density at radius 2 is 2.12 bits per heavy atom. The molecule has 134 valence electrons. The highest BCUT2D eigenvalue weighted by Gasteiger charge is 2.26. The van der Waals surface area contributed by atoms with E-state index in [1.54, 1.807) is 0 Å². The van der Waals surface area contributed by atoms with Crippen LogP contribution in [0.3, 0.4) is 0 Å². The molecule has 1 aromatic heterocycles. The van der Waals surface area contributed by atoms with Gasteiger partial charge in [0.2, 0.25) is 0 Å². The van der Waals surface area contributed by atoms with Gasteiger partial charge in [-0.05, 0) is 7.05 Å². The van der Waals surface area contributed by atoms with E-state index >= 15 is 0 Å². The summed E-state index contributed by atoms with van der Waals surface area (Å²) in [5, 5.41) is 7.69. The standard InChI is InChI=1S/C16H28N6O2/c1-17-16(18-9-14-11-20(2)4-6-23-14)22-5-7-24-15(12-22)13-8-19-21(3)10-13/h8,10,14-15H,4-7,9,11-12H2,1-3H3,(H,17,18). The molecule has 2 aliphatic heterocycles. The van der Waals surface area contributed by atoms with Crippen LogP contribution in [-0.2, 0) is 16.5 Å². The average molecular weight is 336 g/mol. The molecule has 0 radical (unpaired) electrons. The lowest BCUT2D eigenvalue weighted by molar-refractivity contribution is -0.0190. The van der Waals surface area contributed by atoms with Crippen LogP contribution in [0.2, 0.25) is 0 Å². The van der Waals surface area contributed by atoms with Crippen molar-refractivity contribution in [3.05, 3.63) is 18.0 Å². The lowest BCUT2D eigenvalue weighted by Crippen LogP contribution is -2.52. The van der Waals surface area contributed by atoms with Gasteiger partial charge in [-0.25, -0.2) is 0 Å². The third-order valence-electron chi connectivity index (χ3n) is 4.50. The fraction of sp³-hybridized carbons (Fsp3) is 0.750. The Morgan fingerprint density at radius 3 is 2.83 bits per heavy atom. The minimum atomic E-state index is 0.0306. The zero-order valence-corrected chi connectivity index (χ0v) is 14.8. The minimum absolute atomic E-state index is 0.0306. The van der Waals surface area contributed by atoms with E-state index in [0.717, 1.165) is 50.9 Å². The molecule has 2 saturated heterocycles. The molecule has 8 nitrogen and oxygen atoms in total. The predicted octanol–water partition coefficient (Wildman–Crippen LogP) is -0.301. The molecular formula is C16H28N6O2. The van der Waals surface area contributed by atoms with Gasteiger partial charge in [-0.2, -0.15) is 5.10 Å². The van der Waals surface area contributed by atoms with Crippen LogP contribution in [0.4, 0.5) is 0 Å². The predicted molar refractivity (Wildman–Crippen MR) is 92.1 cm³/mol. The fourth-order valence-electron chi connectivity index (χ4n) is 3.18. The molecule has 0 aliphatic carbocycles. The van der Waals surface area contributed by atoms with Crippen LogP contribution in [0.25, 0.3) is 0 Å². The van der Waals surface area contributed by atoms with Gasteiger partial charge in [0.15, 0.2) is 5.96 Å². The number of aromatic nitrogens is 2. The first-order chi connectivity index (χ1) is 11.7. The molecule has 3 rings (SSSR count). The Balaban J connectivity index is 1.54. The van der Waals surface area contributed by atoms with Crippen molar-refractivity contribution in [2.45, 2.75) is 12.2 Å². The van der Waals surface area contributed by atoms with Gasteiger partial charge in [0.25, 0.3) is 0 Å². The Bertz CT molecular complexity index is 561. The normalized spacial score (nSPS) is 26.6. The number of guanidine groups is 1. The molecule has 0 aromatic carbocycles. The lowest BCUT2D eigenvalue weighted by atomic mass is 10.1. The molecule has 2 aliphatic rings. The van der Waals surface area contributed by atoms with E-state index in [1.165, 1.54) is 0 Å². The monoisotopic (exact) mass is 336 g/mol. The summed E-state index contributed by atoms with van der Waals surface area (Å²) in [5.41, 5.74) is 1.11. The number of aryl methyl sites for hydroxylation is 1. The second-order valence-electron chi connectivity index (χ2n) is 6.44. The molecule has 2 fully saturated rings. The van der Waals surface area contributed by atoms with Crippen LogP contribution in [0, 0.1) is 0 Å². The smallest absolute Gasteiger partial charge is 0.193 e. The summed E-state index contributed by atoms with van der Waals surface area (Å²) in [5.74, 6) is 0.906. The average Bonchev–Trinajstić information content (AvgIpc) is 3.02. The minimum Gasteiger partial charge on any atom is -0.374 e. The Hall–Kier alpha value is -1.64. The first kappa shape index (κ1) is 17.2. The van der Waals surface area contributed by atoms with Crippen molar-refractivity contribution in [1.29, 1.82) is 0 Å². The van der Waals surface area contributed by atoms with Gasteiger partial charge in [-0.15, -0.1) is 0 Å². The van der Waals surface area contributed by atoms with E-state index < -0.39 is 0 Å². The Morgan fingerprint density at radius 1 is 1.29 bits per heavy atom. The summed E-state index contributed by atoms with van der Waals surface area (Å²) in [6.07, 6.45) is 4.12.